The zero-order valence-corrected chi connectivity index (χ0v) is 14.7. The van der Waals surface area contributed by atoms with Crippen molar-refractivity contribution in [2.45, 2.75) is 20.3 Å². The van der Waals surface area contributed by atoms with Crippen molar-refractivity contribution in [3.8, 4) is 11.3 Å². The molecule has 1 aromatic heterocycles. The Morgan fingerprint density at radius 2 is 1.62 bits per heavy atom. The van der Waals surface area contributed by atoms with Crippen LogP contribution in [0.2, 0.25) is 0 Å². The van der Waals surface area contributed by atoms with E-state index >= 15 is 0 Å². The summed E-state index contributed by atoms with van der Waals surface area (Å²) < 4.78 is 0. The van der Waals surface area contributed by atoms with Crippen molar-refractivity contribution < 1.29 is 0 Å². The van der Waals surface area contributed by atoms with E-state index in [1.54, 1.807) is 0 Å². The molecular formula is C21H27N3. The molecule has 0 unspecified atom stereocenters. The third-order valence-electron chi connectivity index (χ3n) is 4.62. The van der Waals surface area contributed by atoms with E-state index in [-0.39, 0.29) is 0 Å². The second-order valence-corrected chi connectivity index (χ2v) is 6.09. The summed E-state index contributed by atoms with van der Waals surface area (Å²) in [5.41, 5.74) is 4.80. The summed E-state index contributed by atoms with van der Waals surface area (Å²) in [5.74, 6) is 0. The Hall–Kier alpha value is -2.26. The van der Waals surface area contributed by atoms with Crippen LogP contribution in [0.25, 0.3) is 22.2 Å². The van der Waals surface area contributed by atoms with Crippen molar-refractivity contribution in [1.29, 1.82) is 0 Å². The highest BCUT2D eigenvalue weighted by Gasteiger charge is 2.12. The van der Waals surface area contributed by atoms with Crippen LogP contribution in [0.4, 0.5) is 5.69 Å². The van der Waals surface area contributed by atoms with E-state index in [2.05, 4.69) is 83.6 Å². The molecule has 0 radical (unpaired) electrons. The first-order valence-corrected chi connectivity index (χ1v) is 8.95. The van der Waals surface area contributed by atoms with Crippen LogP contribution >= 0.6 is 0 Å². The van der Waals surface area contributed by atoms with Crippen LogP contribution in [0.5, 0.6) is 0 Å². The molecule has 3 rings (SSSR count). The molecule has 0 saturated heterocycles. The lowest BCUT2D eigenvalue weighted by molar-refractivity contribution is 0.303. The minimum Gasteiger partial charge on any atom is -0.383 e. The van der Waals surface area contributed by atoms with Crippen molar-refractivity contribution >= 4 is 16.6 Å². The molecule has 1 heterocycles. The van der Waals surface area contributed by atoms with E-state index in [0.29, 0.717) is 0 Å². The lowest BCUT2D eigenvalue weighted by atomic mass is 10.1. The zero-order chi connectivity index (χ0) is 16.8. The highest BCUT2D eigenvalue weighted by molar-refractivity contribution is 6.01. The Kier molecular flexibility index (Phi) is 5.55. The summed E-state index contributed by atoms with van der Waals surface area (Å²) in [6, 6.07) is 19.1. The fourth-order valence-electron chi connectivity index (χ4n) is 3.20. The molecule has 0 bridgehead atoms. The Morgan fingerprint density at radius 1 is 0.917 bits per heavy atom. The Bertz CT molecular complexity index is 757. The second kappa shape index (κ2) is 8.02. The monoisotopic (exact) mass is 321 g/mol. The van der Waals surface area contributed by atoms with Crippen molar-refractivity contribution in [1.82, 2.24) is 9.88 Å². The van der Waals surface area contributed by atoms with Crippen LogP contribution in [-0.2, 0) is 0 Å². The van der Waals surface area contributed by atoms with Crippen molar-refractivity contribution in [3.63, 3.8) is 0 Å². The van der Waals surface area contributed by atoms with Crippen LogP contribution in [0.1, 0.15) is 20.3 Å². The predicted octanol–water partition coefficient (Wildman–Crippen LogP) is 4.98. The summed E-state index contributed by atoms with van der Waals surface area (Å²) in [6.07, 6.45) is 1.15. The van der Waals surface area contributed by atoms with Gasteiger partial charge in [-0.2, -0.15) is 0 Å². The molecule has 126 valence electrons. The maximum absolute atomic E-state index is 3.68. The van der Waals surface area contributed by atoms with Crippen LogP contribution < -0.4 is 5.32 Å². The van der Waals surface area contributed by atoms with Gasteiger partial charge in [-0.15, -0.1) is 0 Å². The van der Waals surface area contributed by atoms with E-state index in [1.807, 2.05) is 0 Å². The van der Waals surface area contributed by atoms with Gasteiger partial charge in [0, 0.05) is 23.0 Å². The molecule has 0 aliphatic rings. The van der Waals surface area contributed by atoms with Gasteiger partial charge in [-0.05, 0) is 32.1 Å². The standard InChI is InChI=1S/C21H27N3/c1-3-24(4-2)16-10-15-22-21-18-13-8-9-14-19(18)23-20(21)17-11-6-5-7-12-17/h5-9,11-14,22-23H,3-4,10,15-16H2,1-2H3. The number of para-hydroxylation sites is 1. The Labute approximate surface area is 144 Å². The summed E-state index contributed by atoms with van der Waals surface area (Å²) in [6.45, 7) is 8.83. The first kappa shape index (κ1) is 16.6. The maximum atomic E-state index is 3.68. The first-order chi connectivity index (χ1) is 11.8. The van der Waals surface area contributed by atoms with Gasteiger partial charge in [-0.25, -0.2) is 0 Å². The molecule has 0 aliphatic carbocycles. The summed E-state index contributed by atoms with van der Waals surface area (Å²) in [7, 11) is 0. The largest absolute Gasteiger partial charge is 0.383 e. The molecule has 0 fully saturated rings. The number of nitrogens with zero attached hydrogens (tertiary/aromatic N) is 1. The summed E-state index contributed by atoms with van der Waals surface area (Å²) in [4.78, 5) is 6.05. The molecule has 3 heteroatoms. The number of hydrogen-bond acceptors (Lipinski definition) is 2. The fraction of sp³-hybridized carbons (Fsp3) is 0.333. The van der Waals surface area contributed by atoms with Gasteiger partial charge >= 0.3 is 0 Å². The number of H-pyrrole nitrogens is 1. The van der Waals surface area contributed by atoms with E-state index in [9.17, 15) is 0 Å². The van der Waals surface area contributed by atoms with Crippen LogP contribution in [-0.4, -0.2) is 36.1 Å². The number of rotatable bonds is 8. The maximum Gasteiger partial charge on any atom is 0.0700 e. The molecule has 2 aromatic carbocycles. The molecule has 24 heavy (non-hydrogen) atoms. The number of fused-ring (bicyclic) bond motifs is 1. The van der Waals surface area contributed by atoms with Gasteiger partial charge in [-0.1, -0.05) is 62.4 Å². The number of anilines is 1. The molecule has 0 aliphatic heterocycles. The highest BCUT2D eigenvalue weighted by Crippen LogP contribution is 2.34. The molecule has 2 N–H and O–H groups in total. The van der Waals surface area contributed by atoms with E-state index < -0.39 is 0 Å². The molecule has 0 atom stereocenters. The van der Waals surface area contributed by atoms with Crippen molar-refractivity contribution in [2.75, 3.05) is 31.5 Å². The minimum absolute atomic E-state index is 0.984. The van der Waals surface area contributed by atoms with Crippen LogP contribution in [0, 0.1) is 0 Å². The molecule has 0 saturated carbocycles. The first-order valence-electron chi connectivity index (χ1n) is 8.95. The van der Waals surface area contributed by atoms with Gasteiger partial charge in [0.05, 0.1) is 11.4 Å². The molecule has 0 spiro atoms. The number of hydrogen-bond donors (Lipinski definition) is 2. The average molecular weight is 321 g/mol. The highest BCUT2D eigenvalue weighted by atomic mass is 15.1. The van der Waals surface area contributed by atoms with Gasteiger partial charge in [0.15, 0.2) is 0 Å². The van der Waals surface area contributed by atoms with E-state index in [4.69, 9.17) is 0 Å². The smallest absolute Gasteiger partial charge is 0.0700 e. The van der Waals surface area contributed by atoms with Crippen LogP contribution in [0.3, 0.4) is 0 Å². The predicted molar refractivity (Wildman–Crippen MR) is 105 cm³/mol. The fourth-order valence-corrected chi connectivity index (χ4v) is 3.20. The number of nitrogens with one attached hydrogen (secondary N) is 2. The molecule has 3 nitrogen and oxygen atoms in total. The molecule has 3 aromatic rings. The van der Waals surface area contributed by atoms with Crippen molar-refractivity contribution in [3.05, 3.63) is 54.6 Å². The van der Waals surface area contributed by atoms with Gasteiger partial charge in [-0.3, -0.25) is 0 Å². The van der Waals surface area contributed by atoms with Crippen molar-refractivity contribution in [2.24, 2.45) is 0 Å². The zero-order valence-electron chi connectivity index (χ0n) is 14.7. The number of aromatic amines is 1. The third-order valence-corrected chi connectivity index (χ3v) is 4.62. The SMILES string of the molecule is CCN(CC)CCCNc1c(-c2ccccc2)[nH]c2ccccc12. The average Bonchev–Trinajstić information content (AvgIpc) is 3.01. The Balaban J connectivity index is 1.81. The lowest BCUT2D eigenvalue weighted by Gasteiger charge is -2.18. The van der Waals surface area contributed by atoms with Crippen LogP contribution in [0.15, 0.2) is 54.6 Å². The van der Waals surface area contributed by atoms with Gasteiger partial charge in [0.2, 0.25) is 0 Å². The quantitative estimate of drug-likeness (QED) is 0.573. The Morgan fingerprint density at radius 3 is 2.38 bits per heavy atom. The summed E-state index contributed by atoms with van der Waals surface area (Å²) >= 11 is 0. The van der Waals surface area contributed by atoms with E-state index in [0.717, 1.165) is 32.6 Å². The van der Waals surface area contributed by atoms with E-state index in [1.165, 1.54) is 27.8 Å². The second-order valence-electron chi connectivity index (χ2n) is 6.09. The van der Waals surface area contributed by atoms with Gasteiger partial charge in [0.1, 0.15) is 0 Å². The summed E-state index contributed by atoms with van der Waals surface area (Å²) in [5, 5.41) is 4.94. The third kappa shape index (κ3) is 3.62. The number of aromatic nitrogens is 1. The molecular weight excluding hydrogens is 294 g/mol. The topological polar surface area (TPSA) is 31.1 Å². The van der Waals surface area contributed by atoms with Gasteiger partial charge < -0.3 is 15.2 Å². The lowest BCUT2D eigenvalue weighted by Crippen LogP contribution is -2.25. The number of benzene rings is 2. The minimum atomic E-state index is 0.984. The van der Waals surface area contributed by atoms with Gasteiger partial charge in [0.25, 0.3) is 0 Å². The normalized spacial score (nSPS) is 11.3. The molecule has 0 amide bonds.